The molecule has 8 nitrogen and oxygen atoms in total. The van der Waals surface area contributed by atoms with Gasteiger partial charge in [-0.2, -0.15) is 0 Å². The van der Waals surface area contributed by atoms with Crippen molar-refractivity contribution in [1.29, 1.82) is 0 Å². The minimum Gasteiger partial charge on any atom is -0.336 e. The van der Waals surface area contributed by atoms with Gasteiger partial charge in [0.15, 0.2) is 5.82 Å². The molecule has 2 rings (SSSR count). The SMILES string of the molecule is Cc1nc(Sc2nnc(C(C)(C)C)n2N)ccc1[N+](=O)[O-]. The highest BCUT2D eigenvalue weighted by Crippen LogP contribution is 2.29. The number of rotatable bonds is 3. The summed E-state index contributed by atoms with van der Waals surface area (Å²) in [5.74, 6) is 6.64. The van der Waals surface area contributed by atoms with Crippen molar-refractivity contribution in [1.82, 2.24) is 19.9 Å². The maximum absolute atomic E-state index is 10.8. The third-order valence-corrected chi connectivity index (χ3v) is 3.66. The Morgan fingerprint density at radius 1 is 1.33 bits per heavy atom. The molecular formula is C12H16N6O2S. The van der Waals surface area contributed by atoms with Gasteiger partial charge in [0.05, 0.1) is 4.92 Å². The summed E-state index contributed by atoms with van der Waals surface area (Å²) in [5.41, 5.74) is 0.118. The molecule has 0 aliphatic carbocycles. The molecule has 0 atom stereocenters. The zero-order valence-corrected chi connectivity index (χ0v) is 13.0. The number of pyridine rings is 1. The average molecular weight is 308 g/mol. The summed E-state index contributed by atoms with van der Waals surface area (Å²) in [5, 5.41) is 20.0. The van der Waals surface area contributed by atoms with E-state index in [1.165, 1.54) is 22.5 Å². The summed E-state index contributed by atoms with van der Waals surface area (Å²) >= 11 is 1.22. The van der Waals surface area contributed by atoms with Crippen LogP contribution in [0.1, 0.15) is 32.3 Å². The second kappa shape index (κ2) is 5.32. The molecule has 21 heavy (non-hydrogen) atoms. The first-order valence-corrected chi connectivity index (χ1v) is 7.02. The lowest BCUT2D eigenvalue weighted by atomic mass is 9.96. The second-order valence-electron chi connectivity index (χ2n) is 5.54. The zero-order valence-electron chi connectivity index (χ0n) is 12.2. The summed E-state index contributed by atoms with van der Waals surface area (Å²) in [6.45, 7) is 7.56. The summed E-state index contributed by atoms with van der Waals surface area (Å²) in [6, 6.07) is 2.99. The van der Waals surface area contributed by atoms with Gasteiger partial charge in [0, 0.05) is 11.5 Å². The Labute approximate surface area is 125 Å². The molecule has 0 aromatic carbocycles. The lowest BCUT2D eigenvalue weighted by molar-refractivity contribution is -0.385. The molecule has 0 unspecified atom stereocenters. The Bertz CT molecular complexity index is 692. The van der Waals surface area contributed by atoms with Crippen LogP contribution >= 0.6 is 11.8 Å². The molecular weight excluding hydrogens is 292 g/mol. The van der Waals surface area contributed by atoms with Crippen molar-refractivity contribution in [2.45, 2.75) is 43.3 Å². The van der Waals surface area contributed by atoms with Gasteiger partial charge >= 0.3 is 0 Å². The molecule has 2 aromatic rings. The van der Waals surface area contributed by atoms with E-state index in [-0.39, 0.29) is 11.1 Å². The van der Waals surface area contributed by atoms with Crippen molar-refractivity contribution < 1.29 is 4.92 Å². The van der Waals surface area contributed by atoms with Crippen molar-refractivity contribution in [3.8, 4) is 0 Å². The number of nitrogens with two attached hydrogens (primary N) is 1. The van der Waals surface area contributed by atoms with Crippen molar-refractivity contribution in [3.63, 3.8) is 0 Å². The molecule has 0 saturated heterocycles. The minimum atomic E-state index is -0.458. The van der Waals surface area contributed by atoms with Gasteiger partial charge in [0.2, 0.25) is 5.16 Å². The van der Waals surface area contributed by atoms with Crippen LogP contribution in [0.25, 0.3) is 0 Å². The smallest absolute Gasteiger partial charge is 0.290 e. The molecule has 0 radical (unpaired) electrons. The number of aryl methyl sites for hydroxylation is 1. The van der Waals surface area contributed by atoms with Gasteiger partial charge in [0.25, 0.3) is 5.69 Å². The molecule has 2 heterocycles. The molecule has 0 spiro atoms. The van der Waals surface area contributed by atoms with Crippen LogP contribution in [-0.4, -0.2) is 24.8 Å². The summed E-state index contributed by atoms with van der Waals surface area (Å²) in [4.78, 5) is 14.5. The quantitative estimate of drug-likeness (QED) is 0.524. The molecule has 2 N–H and O–H groups in total. The lowest BCUT2D eigenvalue weighted by Crippen LogP contribution is -2.24. The normalized spacial score (nSPS) is 11.6. The van der Waals surface area contributed by atoms with E-state index in [4.69, 9.17) is 5.84 Å². The first-order chi connectivity index (χ1) is 9.70. The summed E-state index contributed by atoms with van der Waals surface area (Å²) in [7, 11) is 0. The van der Waals surface area contributed by atoms with Crippen molar-refractivity contribution in [2.75, 3.05) is 5.84 Å². The van der Waals surface area contributed by atoms with Gasteiger partial charge in [0.1, 0.15) is 10.7 Å². The van der Waals surface area contributed by atoms with Gasteiger partial charge in [-0.1, -0.05) is 20.8 Å². The minimum absolute atomic E-state index is 0.0102. The zero-order chi connectivity index (χ0) is 15.8. The van der Waals surface area contributed by atoms with Crippen molar-refractivity contribution in [3.05, 3.63) is 33.8 Å². The third kappa shape index (κ3) is 3.13. The van der Waals surface area contributed by atoms with E-state index in [0.29, 0.717) is 21.7 Å². The molecule has 0 fully saturated rings. The fraction of sp³-hybridized carbons (Fsp3) is 0.417. The van der Waals surface area contributed by atoms with Crippen LogP contribution in [0.4, 0.5) is 5.69 Å². The number of nitrogen functional groups attached to an aromatic ring is 1. The Balaban J connectivity index is 2.29. The number of aromatic nitrogens is 4. The Hall–Kier alpha value is -2.16. The number of nitrogens with zero attached hydrogens (tertiary/aromatic N) is 5. The first-order valence-electron chi connectivity index (χ1n) is 6.21. The van der Waals surface area contributed by atoms with Crippen LogP contribution in [0.2, 0.25) is 0 Å². The predicted molar refractivity (Wildman–Crippen MR) is 78.6 cm³/mol. The molecule has 0 aliphatic rings. The van der Waals surface area contributed by atoms with Gasteiger partial charge in [-0.05, 0) is 24.8 Å². The van der Waals surface area contributed by atoms with Crippen LogP contribution in [0.15, 0.2) is 22.3 Å². The molecule has 2 aromatic heterocycles. The van der Waals surface area contributed by atoms with Crippen molar-refractivity contribution >= 4 is 17.4 Å². The Kier molecular flexibility index (Phi) is 3.86. The van der Waals surface area contributed by atoms with E-state index in [2.05, 4.69) is 15.2 Å². The van der Waals surface area contributed by atoms with E-state index in [9.17, 15) is 10.1 Å². The molecule has 0 bridgehead atoms. The lowest BCUT2D eigenvalue weighted by Gasteiger charge is -2.16. The number of nitro groups is 1. The van der Waals surface area contributed by atoms with E-state index in [1.807, 2.05) is 20.8 Å². The van der Waals surface area contributed by atoms with E-state index >= 15 is 0 Å². The largest absolute Gasteiger partial charge is 0.336 e. The standard InChI is InChI=1S/C12H16N6O2S/c1-7-8(18(19)20)5-6-9(14-7)21-11-16-15-10(17(11)13)12(2,3)4/h5-6H,13H2,1-4H3. The number of hydrogen-bond donors (Lipinski definition) is 1. The topological polar surface area (TPSA) is 113 Å². The Morgan fingerprint density at radius 3 is 2.48 bits per heavy atom. The molecule has 9 heteroatoms. The average Bonchev–Trinajstić information content (AvgIpc) is 2.70. The highest BCUT2D eigenvalue weighted by atomic mass is 32.2. The fourth-order valence-electron chi connectivity index (χ4n) is 1.73. The van der Waals surface area contributed by atoms with E-state index in [0.717, 1.165) is 0 Å². The van der Waals surface area contributed by atoms with E-state index < -0.39 is 4.92 Å². The summed E-state index contributed by atoms with van der Waals surface area (Å²) in [6.07, 6.45) is 0. The van der Waals surface area contributed by atoms with Gasteiger partial charge in [-0.3, -0.25) is 10.1 Å². The molecule has 0 aliphatic heterocycles. The fourth-order valence-corrected chi connectivity index (χ4v) is 2.50. The number of hydrogen-bond acceptors (Lipinski definition) is 7. The van der Waals surface area contributed by atoms with Gasteiger partial charge in [-0.15, -0.1) is 10.2 Å². The van der Waals surface area contributed by atoms with Crippen molar-refractivity contribution in [2.24, 2.45) is 0 Å². The summed E-state index contributed by atoms with van der Waals surface area (Å²) < 4.78 is 1.42. The Morgan fingerprint density at radius 2 is 2.00 bits per heavy atom. The highest BCUT2D eigenvalue weighted by molar-refractivity contribution is 7.99. The maximum atomic E-state index is 10.8. The first kappa shape index (κ1) is 15.2. The maximum Gasteiger partial charge on any atom is 0.290 e. The van der Waals surface area contributed by atoms with Crippen LogP contribution in [0, 0.1) is 17.0 Å². The van der Waals surface area contributed by atoms with Gasteiger partial charge in [-0.25, -0.2) is 9.66 Å². The predicted octanol–water partition coefficient (Wildman–Crippen LogP) is 2.05. The molecule has 0 amide bonds. The third-order valence-electron chi connectivity index (χ3n) is 2.76. The van der Waals surface area contributed by atoms with Crippen LogP contribution in [-0.2, 0) is 5.41 Å². The van der Waals surface area contributed by atoms with Crippen LogP contribution < -0.4 is 5.84 Å². The molecule has 0 saturated carbocycles. The van der Waals surface area contributed by atoms with Crippen LogP contribution in [0.5, 0.6) is 0 Å². The molecule has 112 valence electrons. The highest BCUT2D eigenvalue weighted by Gasteiger charge is 2.23. The van der Waals surface area contributed by atoms with E-state index in [1.54, 1.807) is 13.0 Å². The second-order valence-corrected chi connectivity index (χ2v) is 6.53. The van der Waals surface area contributed by atoms with Crippen LogP contribution in [0.3, 0.4) is 0 Å². The van der Waals surface area contributed by atoms with Gasteiger partial charge < -0.3 is 5.84 Å². The monoisotopic (exact) mass is 308 g/mol.